The van der Waals surface area contributed by atoms with Crippen molar-refractivity contribution >= 4 is 17.6 Å². The van der Waals surface area contributed by atoms with E-state index in [1.54, 1.807) is 44.9 Å². The Morgan fingerprint density at radius 1 is 1.29 bits per heavy atom. The zero-order valence-electron chi connectivity index (χ0n) is 13.0. The number of aromatic carboxylic acids is 1. The number of hydrogen-bond acceptors (Lipinski definition) is 7. The van der Waals surface area contributed by atoms with E-state index in [0.717, 1.165) is 0 Å². The van der Waals surface area contributed by atoms with Crippen LogP contribution in [0.4, 0.5) is 11.6 Å². The molecule has 3 aromatic heterocycles. The minimum absolute atomic E-state index is 0.0788. The van der Waals surface area contributed by atoms with E-state index < -0.39 is 5.97 Å². The van der Waals surface area contributed by atoms with Gasteiger partial charge in [-0.3, -0.25) is 9.67 Å². The summed E-state index contributed by atoms with van der Waals surface area (Å²) in [4.78, 5) is 23.6. The highest BCUT2D eigenvalue weighted by Gasteiger charge is 2.14. The van der Waals surface area contributed by atoms with E-state index in [-0.39, 0.29) is 5.69 Å². The van der Waals surface area contributed by atoms with E-state index in [1.165, 1.54) is 10.7 Å². The molecule has 3 rings (SSSR count). The summed E-state index contributed by atoms with van der Waals surface area (Å²) in [7, 11) is 3.12. The number of carbonyl (C=O) groups is 1. The van der Waals surface area contributed by atoms with Crippen LogP contribution in [-0.2, 0) is 7.05 Å². The molecule has 24 heavy (non-hydrogen) atoms. The van der Waals surface area contributed by atoms with E-state index in [2.05, 4.69) is 25.4 Å². The monoisotopic (exact) mass is 326 g/mol. The number of hydrogen-bond donors (Lipinski definition) is 2. The third kappa shape index (κ3) is 3.14. The molecule has 0 aromatic carbocycles. The predicted molar refractivity (Wildman–Crippen MR) is 85.3 cm³/mol. The second-order valence-electron chi connectivity index (χ2n) is 4.85. The highest BCUT2D eigenvalue weighted by atomic mass is 16.5. The number of nitrogens with zero attached hydrogens (tertiary/aromatic N) is 5. The van der Waals surface area contributed by atoms with Crippen LogP contribution in [0.5, 0.6) is 5.75 Å². The Labute approximate surface area is 137 Å². The summed E-state index contributed by atoms with van der Waals surface area (Å²) in [5.41, 5.74) is 1.70. The smallest absolute Gasteiger partial charge is 0.354 e. The van der Waals surface area contributed by atoms with Gasteiger partial charge < -0.3 is 15.2 Å². The molecule has 122 valence electrons. The van der Waals surface area contributed by atoms with Gasteiger partial charge in [-0.05, 0) is 6.07 Å². The van der Waals surface area contributed by atoms with Crippen LogP contribution in [0.1, 0.15) is 10.5 Å². The molecule has 0 fully saturated rings. The van der Waals surface area contributed by atoms with Gasteiger partial charge in [-0.25, -0.2) is 14.8 Å². The number of aromatic nitrogens is 5. The van der Waals surface area contributed by atoms with Crippen molar-refractivity contribution in [3.05, 3.63) is 42.5 Å². The molecule has 9 nitrogen and oxygen atoms in total. The average Bonchev–Trinajstić information content (AvgIpc) is 2.97. The number of carboxylic acid groups (broad SMARTS) is 1. The van der Waals surface area contributed by atoms with Crippen LogP contribution in [0.25, 0.3) is 11.4 Å². The lowest BCUT2D eigenvalue weighted by Crippen LogP contribution is -2.04. The molecular weight excluding hydrogens is 312 g/mol. The molecule has 0 saturated heterocycles. The Kier molecular flexibility index (Phi) is 4.06. The van der Waals surface area contributed by atoms with E-state index in [0.29, 0.717) is 28.8 Å². The fourth-order valence-corrected chi connectivity index (χ4v) is 2.08. The maximum absolute atomic E-state index is 11.1. The van der Waals surface area contributed by atoms with Gasteiger partial charge in [0.05, 0.1) is 30.9 Å². The molecular formula is C15H14N6O3. The van der Waals surface area contributed by atoms with Gasteiger partial charge in [-0.2, -0.15) is 5.10 Å². The van der Waals surface area contributed by atoms with Gasteiger partial charge in [0.15, 0.2) is 0 Å². The number of methoxy groups -OCH3 is 1. The number of carboxylic acids is 1. The molecule has 0 aliphatic rings. The molecule has 2 N–H and O–H groups in total. The minimum Gasteiger partial charge on any atom is -0.495 e. The summed E-state index contributed by atoms with van der Waals surface area (Å²) in [5, 5.41) is 16.3. The fraction of sp³-hybridized carbons (Fsp3) is 0.133. The summed E-state index contributed by atoms with van der Waals surface area (Å²) in [6.07, 6.45) is 4.76. The van der Waals surface area contributed by atoms with Gasteiger partial charge in [-0.15, -0.1) is 0 Å². The third-order valence-corrected chi connectivity index (χ3v) is 3.22. The van der Waals surface area contributed by atoms with Crippen molar-refractivity contribution in [2.75, 3.05) is 12.4 Å². The number of ether oxygens (including phenoxy) is 1. The lowest BCUT2D eigenvalue weighted by molar-refractivity contribution is 0.0685. The molecule has 0 saturated carbocycles. The summed E-state index contributed by atoms with van der Waals surface area (Å²) >= 11 is 0. The average molecular weight is 326 g/mol. The van der Waals surface area contributed by atoms with Gasteiger partial charge in [-0.1, -0.05) is 0 Å². The van der Waals surface area contributed by atoms with Crippen molar-refractivity contribution in [2.24, 2.45) is 7.05 Å². The van der Waals surface area contributed by atoms with E-state index >= 15 is 0 Å². The first-order valence-corrected chi connectivity index (χ1v) is 6.93. The first-order chi connectivity index (χ1) is 11.6. The molecule has 0 radical (unpaired) electrons. The van der Waals surface area contributed by atoms with Crippen LogP contribution in [0, 0.1) is 0 Å². The fourth-order valence-electron chi connectivity index (χ4n) is 2.08. The van der Waals surface area contributed by atoms with Crippen LogP contribution >= 0.6 is 0 Å². The number of aryl methyl sites for hydroxylation is 1. The van der Waals surface area contributed by atoms with Gasteiger partial charge in [0.1, 0.15) is 17.1 Å². The Morgan fingerprint density at radius 2 is 2.12 bits per heavy atom. The largest absolute Gasteiger partial charge is 0.495 e. The predicted octanol–water partition coefficient (Wildman–Crippen LogP) is 1.72. The number of pyridine rings is 1. The van der Waals surface area contributed by atoms with E-state index in [4.69, 9.17) is 9.84 Å². The molecule has 3 heterocycles. The third-order valence-electron chi connectivity index (χ3n) is 3.22. The molecule has 3 aromatic rings. The van der Waals surface area contributed by atoms with E-state index in [1.807, 2.05) is 0 Å². The summed E-state index contributed by atoms with van der Waals surface area (Å²) in [6.45, 7) is 0. The summed E-state index contributed by atoms with van der Waals surface area (Å²) in [5.74, 6) is -0.108. The summed E-state index contributed by atoms with van der Waals surface area (Å²) < 4.78 is 6.40. The number of anilines is 2. The number of nitrogens with one attached hydrogen (secondary N) is 1. The molecule has 0 unspecified atom stereocenters. The zero-order chi connectivity index (χ0) is 17.1. The van der Waals surface area contributed by atoms with Crippen molar-refractivity contribution in [2.45, 2.75) is 0 Å². The Hall–Kier alpha value is -3.49. The van der Waals surface area contributed by atoms with Gasteiger partial charge >= 0.3 is 5.97 Å². The van der Waals surface area contributed by atoms with Crippen LogP contribution in [-0.4, -0.2) is 42.9 Å². The van der Waals surface area contributed by atoms with Crippen molar-refractivity contribution in [3.63, 3.8) is 0 Å². The Morgan fingerprint density at radius 3 is 2.83 bits per heavy atom. The standard InChI is InChI=1S/C15H14N6O3/c1-21-13(14(22)23)6-12(20-21)11-3-4-17-15(19-11)18-9-5-10(24-2)8-16-7-9/h3-8H,1-2H3,(H,22,23)(H,17,18,19). The van der Waals surface area contributed by atoms with Crippen molar-refractivity contribution < 1.29 is 14.6 Å². The lowest BCUT2D eigenvalue weighted by atomic mass is 10.3. The van der Waals surface area contributed by atoms with Gasteiger partial charge in [0.25, 0.3) is 0 Å². The summed E-state index contributed by atoms with van der Waals surface area (Å²) in [6, 6.07) is 4.87. The second-order valence-corrected chi connectivity index (χ2v) is 4.85. The quantitative estimate of drug-likeness (QED) is 0.728. The molecule has 0 atom stereocenters. The van der Waals surface area contributed by atoms with Crippen molar-refractivity contribution in [1.82, 2.24) is 24.7 Å². The van der Waals surface area contributed by atoms with Crippen molar-refractivity contribution in [1.29, 1.82) is 0 Å². The maximum Gasteiger partial charge on any atom is 0.354 e. The molecule has 0 aliphatic carbocycles. The van der Waals surface area contributed by atoms with Crippen LogP contribution in [0.15, 0.2) is 36.8 Å². The topological polar surface area (TPSA) is 115 Å². The molecule has 0 aliphatic heterocycles. The second kappa shape index (κ2) is 6.32. The maximum atomic E-state index is 11.1. The van der Waals surface area contributed by atoms with E-state index in [9.17, 15) is 4.79 Å². The first kappa shape index (κ1) is 15.4. The van der Waals surface area contributed by atoms with Crippen LogP contribution in [0.2, 0.25) is 0 Å². The van der Waals surface area contributed by atoms with Gasteiger partial charge in [0.2, 0.25) is 5.95 Å². The first-order valence-electron chi connectivity index (χ1n) is 6.93. The van der Waals surface area contributed by atoms with Crippen LogP contribution in [0.3, 0.4) is 0 Å². The lowest BCUT2D eigenvalue weighted by Gasteiger charge is -2.06. The zero-order valence-corrected chi connectivity index (χ0v) is 13.0. The minimum atomic E-state index is -1.05. The Balaban J connectivity index is 1.89. The molecule has 0 bridgehead atoms. The Bertz CT molecular complexity index is 892. The normalized spacial score (nSPS) is 10.4. The highest BCUT2D eigenvalue weighted by molar-refractivity contribution is 5.87. The van der Waals surface area contributed by atoms with Crippen molar-refractivity contribution in [3.8, 4) is 17.1 Å². The van der Waals surface area contributed by atoms with Gasteiger partial charge in [0, 0.05) is 25.4 Å². The molecule has 0 amide bonds. The highest BCUT2D eigenvalue weighted by Crippen LogP contribution is 2.21. The van der Waals surface area contributed by atoms with Crippen LogP contribution < -0.4 is 10.1 Å². The SMILES string of the molecule is COc1cncc(Nc2nccc(-c3cc(C(=O)O)n(C)n3)n2)c1. The number of rotatable bonds is 5. The molecule has 0 spiro atoms. The molecule has 9 heteroatoms.